The minimum absolute atomic E-state index is 0.0682. The standard InChI is InChI=1S/C25H39N3O4/c1-5-32-23(29)17-26-10-12-27(13-11-26)22-6-8-28(9-7-22)25(31)20(4)16-21-14-18(2)24(30)19(3)15-21/h14-15,20,22,30H,5-13,16-17H2,1-4H3/t20-/m1/s1. The molecular weight excluding hydrogens is 406 g/mol. The van der Waals surface area contributed by atoms with Crippen LogP contribution in [0, 0.1) is 19.8 Å². The Labute approximate surface area is 192 Å². The lowest BCUT2D eigenvalue weighted by atomic mass is 9.95. The van der Waals surface area contributed by atoms with Crippen LogP contribution in [0.3, 0.4) is 0 Å². The molecule has 2 aliphatic rings. The summed E-state index contributed by atoms with van der Waals surface area (Å²) in [6, 6.07) is 4.49. The van der Waals surface area contributed by atoms with Crippen molar-refractivity contribution in [3.8, 4) is 5.75 Å². The first-order valence-corrected chi connectivity index (χ1v) is 12.0. The Morgan fingerprint density at radius 3 is 2.22 bits per heavy atom. The van der Waals surface area contributed by atoms with E-state index in [4.69, 9.17) is 4.74 Å². The maximum Gasteiger partial charge on any atom is 0.320 e. The van der Waals surface area contributed by atoms with E-state index in [1.165, 1.54) is 0 Å². The van der Waals surface area contributed by atoms with E-state index in [-0.39, 0.29) is 17.8 Å². The van der Waals surface area contributed by atoms with Gasteiger partial charge in [0.2, 0.25) is 5.91 Å². The van der Waals surface area contributed by atoms with Gasteiger partial charge in [0.1, 0.15) is 5.75 Å². The van der Waals surface area contributed by atoms with Crippen LogP contribution in [0.1, 0.15) is 43.4 Å². The van der Waals surface area contributed by atoms with Crippen LogP contribution in [0.5, 0.6) is 5.75 Å². The first kappa shape index (κ1) is 24.5. The number of amides is 1. The van der Waals surface area contributed by atoms with Crippen molar-refractivity contribution in [2.75, 3.05) is 52.4 Å². The third-order valence-electron chi connectivity index (χ3n) is 6.87. The lowest BCUT2D eigenvalue weighted by Gasteiger charge is -2.43. The maximum absolute atomic E-state index is 13.0. The normalized spacial score (nSPS) is 19.7. The van der Waals surface area contributed by atoms with Crippen LogP contribution >= 0.6 is 0 Å². The van der Waals surface area contributed by atoms with E-state index in [0.29, 0.717) is 31.4 Å². The third-order valence-corrected chi connectivity index (χ3v) is 6.87. The fourth-order valence-corrected chi connectivity index (χ4v) is 5.04. The molecule has 2 heterocycles. The second kappa shape index (κ2) is 11.1. The summed E-state index contributed by atoms with van der Waals surface area (Å²) in [4.78, 5) is 31.4. The first-order valence-electron chi connectivity index (χ1n) is 12.0. The summed E-state index contributed by atoms with van der Waals surface area (Å²) in [5, 5.41) is 9.98. The molecule has 0 aliphatic carbocycles. The molecule has 0 unspecified atom stereocenters. The highest BCUT2D eigenvalue weighted by Crippen LogP contribution is 2.25. The number of likely N-dealkylation sites (tertiary alicyclic amines) is 1. The smallest absolute Gasteiger partial charge is 0.320 e. The molecule has 1 aromatic rings. The van der Waals surface area contributed by atoms with Crippen molar-refractivity contribution in [3.05, 3.63) is 28.8 Å². The summed E-state index contributed by atoms with van der Waals surface area (Å²) in [5.41, 5.74) is 2.83. The van der Waals surface area contributed by atoms with E-state index in [9.17, 15) is 14.7 Å². The van der Waals surface area contributed by atoms with Gasteiger partial charge >= 0.3 is 5.97 Å². The molecule has 1 N–H and O–H groups in total. The Morgan fingerprint density at radius 2 is 1.66 bits per heavy atom. The largest absolute Gasteiger partial charge is 0.507 e. The van der Waals surface area contributed by atoms with E-state index in [0.717, 1.165) is 68.8 Å². The fraction of sp³-hybridized carbons (Fsp3) is 0.680. The van der Waals surface area contributed by atoms with Gasteiger partial charge in [-0.3, -0.25) is 19.4 Å². The second-order valence-corrected chi connectivity index (χ2v) is 9.36. The zero-order valence-corrected chi connectivity index (χ0v) is 20.1. The molecule has 0 bridgehead atoms. The number of nitrogens with zero attached hydrogens (tertiary/aromatic N) is 3. The van der Waals surface area contributed by atoms with Gasteiger partial charge in [0.25, 0.3) is 0 Å². The number of phenolic OH excluding ortho intramolecular Hbond substituents is 1. The Morgan fingerprint density at radius 1 is 1.06 bits per heavy atom. The van der Waals surface area contributed by atoms with Gasteiger partial charge in [-0.05, 0) is 56.7 Å². The molecule has 0 saturated carbocycles. The molecule has 7 nitrogen and oxygen atoms in total. The zero-order chi connectivity index (χ0) is 23.3. The molecule has 0 spiro atoms. The highest BCUT2D eigenvalue weighted by Gasteiger charge is 2.31. The molecule has 0 radical (unpaired) electrons. The SMILES string of the molecule is CCOC(=O)CN1CCN(C2CCN(C(=O)[C@H](C)Cc3cc(C)c(O)c(C)c3)CC2)CC1. The molecule has 2 fully saturated rings. The molecule has 2 aliphatic heterocycles. The minimum atomic E-state index is -0.139. The highest BCUT2D eigenvalue weighted by atomic mass is 16.5. The van der Waals surface area contributed by atoms with Crippen LogP contribution in [0.2, 0.25) is 0 Å². The van der Waals surface area contributed by atoms with E-state index < -0.39 is 0 Å². The summed E-state index contributed by atoms with van der Waals surface area (Å²) < 4.78 is 5.05. The van der Waals surface area contributed by atoms with Crippen molar-refractivity contribution in [2.45, 2.75) is 53.0 Å². The number of esters is 1. The number of rotatable bonds is 7. The second-order valence-electron chi connectivity index (χ2n) is 9.36. The molecular formula is C25H39N3O4. The van der Waals surface area contributed by atoms with Crippen molar-refractivity contribution in [2.24, 2.45) is 5.92 Å². The maximum atomic E-state index is 13.0. The van der Waals surface area contributed by atoms with Crippen molar-refractivity contribution in [3.63, 3.8) is 0 Å². The number of aromatic hydroxyl groups is 1. The monoisotopic (exact) mass is 445 g/mol. The Kier molecular flexibility index (Phi) is 8.54. The number of aryl methyl sites for hydroxylation is 2. The molecule has 7 heteroatoms. The van der Waals surface area contributed by atoms with Gasteiger partial charge in [-0.1, -0.05) is 19.1 Å². The number of carbonyl (C=O) groups excluding carboxylic acids is 2. The summed E-state index contributed by atoms with van der Waals surface area (Å²) in [5.74, 6) is 0.364. The molecule has 32 heavy (non-hydrogen) atoms. The predicted molar refractivity (Wildman–Crippen MR) is 125 cm³/mol. The summed E-state index contributed by atoms with van der Waals surface area (Å²) in [7, 11) is 0. The topological polar surface area (TPSA) is 73.3 Å². The van der Waals surface area contributed by atoms with Crippen LogP contribution in [0.15, 0.2) is 12.1 Å². The summed E-state index contributed by atoms with van der Waals surface area (Å²) in [6.07, 6.45) is 2.71. The first-order chi connectivity index (χ1) is 15.3. The Balaban J connectivity index is 1.43. The number of phenols is 1. The highest BCUT2D eigenvalue weighted by molar-refractivity contribution is 5.79. The molecule has 0 aromatic heterocycles. The number of hydrogen-bond donors (Lipinski definition) is 1. The molecule has 3 rings (SSSR count). The number of hydrogen-bond acceptors (Lipinski definition) is 6. The Bertz CT molecular complexity index is 773. The number of benzene rings is 1. The van der Waals surface area contributed by atoms with Gasteiger partial charge < -0.3 is 14.7 Å². The lowest BCUT2D eigenvalue weighted by molar-refractivity contribution is -0.144. The van der Waals surface area contributed by atoms with Crippen LogP contribution in [0.25, 0.3) is 0 Å². The molecule has 178 valence electrons. The van der Waals surface area contributed by atoms with Crippen LogP contribution in [0.4, 0.5) is 0 Å². The summed E-state index contributed by atoms with van der Waals surface area (Å²) in [6.45, 7) is 13.8. The van der Waals surface area contributed by atoms with E-state index in [1.807, 2.05) is 44.7 Å². The number of ether oxygens (including phenoxy) is 1. The predicted octanol–water partition coefficient (Wildman–Crippen LogP) is 2.36. The van der Waals surface area contributed by atoms with Gasteiger partial charge in [-0.25, -0.2) is 0 Å². The van der Waals surface area contributed by atoms with Gasteiger partial charge in [-0.15, -0.1) is 0 Å². The lowest BCUT2D eigenvalue weighted by Crippen LogP contribution is -2.54. The average Bonchev–Trinajstić information content (AvgIpc) is 2.77. The number of piperidine rings is 1. The average molecular weight is 446 g/mol. The summed E-state index contributed by atoms with van der Waals surface area (Å²) >= 11 is 0. The van der Waals surface area contributed by atoms with Crippen LogP contribution in [-0.4, -0.2) is 90.1 Å². The van der Waals surface area contributed by atoms with Gasteiger partial charge in [0.15, 0.2) is 0 Å². The molecule has 1 aromatic carbocycles. The number of carbonyl (C=O) groups is 2. The minimum Gasteiger partial charge on any atom is -0.507 e. The molecule has 1 amide bonds. The number of piperazine rings is 1. The Hall–Kier alpha value is -2.12. The van der Waals surface area contributed by atoms with Crippen molar-refractivity contribution < 1.29 is 19.4 Å². The van der Waals surface area contributed by atoms with E-state index in [1.54, 1.807) is 0 Å². The van der Waals surface area contributed by atoms with Crippen molar-refractivity contribution >= 4 is 11.9 Å². The van der Waals surface area contributed by atoms with E-state index in [2.05, 4.69) is 9.80 Å². The molecule has 1 atom stereocenters. The van der Waals surface area contributed by atoms with Crippen LogP contribution < -0.4 is 0 Å². The van der Waals surface area contributed by atoms with Gasteiger partial charge in [0.05, 0.1) is 13.2 Å². The van der Waals surface area contributed by atoms with Crippen LogP contribution in [-0.2, 0) is 20.7 Å². The van der Waals surface area contributed by atoms with Gasteiger partial charge in [0, 0.05) is 51.2 Å². The fourth-order valence-electron chi connectivity index (χ4n) is 5.04. The third kappa shape index (κ3) is 6.23. The van der Waals surface area contributed by atoms with E-state index >= 15 is 0 Å². The quantitative estimate of drug-likeness (QED) is 0.650. The van der Waals surface area contributed by atoms with Crippen molar-refractivity contribution in [1.82, 2.24) is 14.7 Å². The van der Waals surface area contributed by atoms with Crippen molar-refractivity contribution in [1.29, 1.82) is 0 Å². The van der Waals surface area contributed by atoms with Gasteiger partial charge in [-0.2, -0.15) is 0 Å². The zero-order valence-electron chi connectivity index (χ0n) is 20.1. The molecule has 2 saturated heterocycles.